The maximum atomic E-state index is 14.1. The highest BCUT2D eigenvalue weighted by molar-refractivity contribution is 6.34. The Balaban J connectivity index is 1.83. The molecule has 1 aliphatic rings. The van der Waals surface area contributed by atoms with Gasteiger partial charge in [-0.1, -0.05) is 40.5 Å². The van der Waals surface area contributed by atoms with Crippen LogP contribution in [0, 0.1) is 0 Å². The van der Waals surface area contributed by atoms with Gasteiger partial charge in [-0.25, -0.2) is 0 Å². The Hall–Kier alpha value is -2.78. The fourth-order valence-electron chi connectivity index (χ4n) is 3.17. The number of oxime groups is 1. The van der Waals surface area contributed by atoms with Crippen molar-refractivity contribution in [2.75, 3.05) is 11.9 Å². The Kier molecular flexibility index (Phi) is 7.00. The van der Waals surface area contributed by atoms with Crippen molar-refractivity contribution in [2.45, 2.75) is 31.5 Å². The van der Waals surface area contributed by atoms with Crippen LogP contribution in [0.1, 0.15) is 30.9 Å². The first-order chi connectivity index (χ1) is 15.0. The van der Waals surface area contributed by atoms with Crippen molar-refractivity contribution >= 4 is 46.5 Å². The summed E-state index contributed by atoms with van der Waals surface area (Å²) in [5.41, 5.74) is -2.45. The van der Waals surface area contributed by atoms with Gasteiger partial charge in [-0.15, -0.1) is 0 Å². The van der Waals surface area contributed by atoms with Crippen LogP contribution in [0.25, 0.3) is 0 Å². The summed E-state index contributed by atoms with van der Waals surface area (Å²) >= 11 is 11.8. The normalized spacial score (nSPS) is 18.0. The average molecular weight is 489 g/mol. The highest BCUT2D eigenvalue weighted by atomic mass is 35.5. The molecule has 0 aromatic heterocycles. The number of rotatable bonds is 6. The zero-order valence-corrected chi connectivity index (χ0v) is 18.1. The van der Waals surface area contributed by atoms with Gasteiger partial charge in [0.25, 0.3) is 5.60 Å². The second-order valence-electron chi connectivity index (χ2n) is 6.90. The Morgan fingerprint density at radius 2 is 1.88 bits per heavy atom. The average Bonchev–Trinajstić information content (AvgIpc) is 3.14. The molecule has 0 fully saturated rings. The molecule has 1 unspecified atom stereocenters. The van der Waals surface area contributed by atoms with Crippen LogP contribution in [0.3, 0.4) is 0 Å². The Morgan fingerprint density at radius 1 is 1.19 bits per heavy atom. The summed E-state index contributed by atoms with van der Waals surface area (Å²) in [5, 5.41) is 6.23. The van der Waals surface area contributed by atoms with Crippen molar-refractivity contribution in [1.82, 2.24) is 0 Å². The third-order valence-corrected chi connectivity index (χ3v) is 5.04. The van der Waals surface area contributed by atoms with Gasteiger partial charge in [0.1, 0.15) is 6.42 Å². The van der Waals surface area contributed by atoms with Crippen LogP contribution in [0.5, 0.6) is 0 Å². The number of nitrogens with one attached hydrogen (secondary N) is 1. The number of ether oxygens (including phenoxy) is 1. The molecule has 0 spiro atoms. The summed E-state index contributed by atoms with van der Waals surface area (Å²) in [6.07, 6.45) is -5.94. The first-order valence-electron chi connectivity index (χ1n) is 9.38. The van der Waals surface area contributed by atoms with E-state index < -0.39 is 36.5 Å². The van der Waals surface area contributed by atoms with E-state index in [4.69, 9.17) is 32.8 Å². The van der Waals surface area contributed by atoms with Gasteiger partial charge in [-0.3, -0.25) is 9.59 Å². The predicted molar refractivity (Wildman–Crippen MR) is 113 cm³/mol. The number of benzene rings is 2. The van der Waals surface area contributed by atoms with E-state index in [-0.39, 0.29) is 33.6 Å². The van der Waals surface area contributed by atoms with Gasteiger partial charge in [-0.2, -0.15) is 13.2 Å². The molecular formula is C21H17Cl2F3N2O4. The smallest absolute Gasteiger partial charge is 0.435 e. The maximum Gasteiger partial charge on any atom is 0.435 e. The molecular weight excluding hydrogens is 472 g/mol. The van der Waals surface area contributed by atoms with E-state index in [1.165, 1.54) is 30.3 Å². The summed E-state index contributed by atoms with van der Waals surface area (Å²) in [4.78, 5) is 28.4. The summed E-state index contributed by atoms with van der Waals surface area (Å²) < 4.78 is 47.0. The fourth-order valence-corrected chi connectivity index (χ4v) is 3.70. The number of amides is 1. The van der Waals surface area contributed by atoms with E-state index in [2.05, 4.69) is 10.5 Å². The van der Waals surface area contributed by atoms with E-state index >= 15 is 0 Å². The van der Waals surface area contributed by atoms with Crippen LogP contribution < -0.4 is 5.32 Å². The number of alkyl halides is 3. The molecule has 2 aromatic rings. The molecule has 1 heterocycles. The van der Waals surface area contributed by atoms with Crippen molar-refractivity contribution in [3.63, 3.8) is 0 Å². The van der Waals surface area contributed by atoms with E-state index in [9.17, 15) is 22.8 Å². The number of anilines is 1. The van der Waals surface area contributed by atoms with Crippen molar-refractivity contribution in [1.29, 1.82) is 0 Å². The molecule has 0 bridgehead atoms. The Bertz CT molecular complexity index is 1060. The van der Waals surface area contributed by atoms with Crippen LogP contribution in [0.4, 0.5) is 18.9 Å². The third kappa shape index (κ3) is 5.16. The lowest BCUT2D eigenvalue weighted by Gasteiger charge is -2.29. The SMILES string of the molecule is CCOC(=O)CC(=O)Nc1cccc(C2=NOC(c3cc(Cl)cc(Cl)c3)(C(F)(F)F)C2)c1. The summed E-state index contributed by atoms with van der Waals surface area (Å²) in [6, 6.07) is 9.59. The lowest BCUT2D eigenvalue weighted by Crippen LogP contribution is -2.42. The number of carbonyl (C=O) groups excluding carboxylic acids is 2. The highest BCUT2D eigenvalue weighted by Gasteiger charge is 2.62. The topological polar surface area (TPSA) is 77.0 Å². The van der Waals surface area contributed by atoms with Crippen LogP contribution in [-0.4, -0.2) is 30.4 Å². The standard InChI is InChI=1S/C21H17Cl2F3N2O4/c1-2-31-19(30)10-18(29)27-16-5-3-4-12(6-16)17-11-20(32-28-17,21(24,25)26)13-7-14(22)9-15(23)8-13/h3-9H,2,10-11H2,1H3,(H,27,29). The molecule has 2 aromatic carbocycles. The minimum atomic E-state index is -4.82. The highest BCUT2D eigenvalue weighted by Crippen LogP contribution is 2.49. The maximum absolute atomic E-state index is 14.1. The molecule has 0 saturated heterocycles. The fraction of sp³-hybridized carbons (Fsp3) is 0.286. The molecule has 1 N–H and O–H groups in total. The van der Waals surface area contributed by atoms with Crippen LogP contribution in [0.2, 0.25) is 10.0 Å². The number of esters is 1. The number of halogens is 5. The number of nitrogens with zero attached hydrogens (tertiary/aromatic N) is 1. The quantitative estimate of drug-likeness (QED) is 0.432. The van der Waals surface area contributed by atoms with Crippen molar-refractivity contribution in [3.05, 3.63) is 63.6 Å². The zero-order chi connectivity index (χ0) is 23.5. The van der Waals surface area contributed by atoms with Gasteiger partial charge < -0.3 is 14.9 Å². The summed E-state index contributed by atoms with van der Waals surface area (Å²) in [6.45, 7) is 1.75. The van der Waals surface area contributed by atoms with Gasteiger partial charge in [0, 0.05) is 33.3 Å². The summed E-state index contributed by atoms with van der Waals surface area (Å²) in [5.74, 6) is -1.31. The molecule has 11 heteroatoms. The second-order valence-corrected chi connectivity index (χ2v) is 7.77. The Labute approximate surface area is 191 Å². The molecule has 1 amide bonds. The largest absolute Gasteiger partial charge is 0.466 e. The molecule has 6 nitrogen and oxygen atoms in total. The minimum absolute atomic E-state index is 0.0138. The molecule has 1 atom stereocenters. The van der Waals surface area contributed by atoms with E-state index in [1.807, 2.05) is 0 Å². The molecule has 0 aliphatic carbocycles. The van der Waals surface area contributed by atoms with Crippen molar-refractivity contribution in [2.24, 2.45) is 5.16 Å². The van der Waals surface area contributed by atoms with Crippen molar-refractivity contribution < 1.29 is 32.3 Å². The lowest BCUT2D eigenvalue weighted by atomic mass is 9.86. The van der Waals surface area contributed by atoms with Crippen LogP contribution in [0.15, 0.2) is 47.6 Å². The second kappa shape index (κ2) is 9.38. The first kappa shape index (κ1) is 23.9. The van der Waals surface area contributed by atoms with Crippen LogP contribution in [-0.2, 0) is 24.8 Å². The predicted octanol–water partition coefficient (Wildman–Crippen LogP) is 5.47. The molecule has 170 valence electrons. The van der Waals surface area contributed by atoms with Gasteiger partial charge in [-0.05, 0) is 37.3 Å². The summed E-state index contributed by atoms with van der Waals surface area (Å²) in [7, 11) is 0. The molecule has 32 heavy (non-hydrogen) atoms. The lowest BCUT2D eigenvalue weighted by molar-refractivity contribution is -0.275. The van der Waals surface area contributed by atoms with Gasteiger partial charge in [0.15, 0.2) is 0 Å². The third-order valence-electron chi connectivity index (χ3n) is 4.60. The van der Waals surface area contributed by atoms with Gasteiger partial charge in [0.05, 0.1) is 12.3 Å². The molecule has 1 aliphatic heterocycles. The van der Waals surface area contributed by atoms with Gasteiger partial charge >= 0.3 is 12.1 Å². The molecule has 3 rings (SSSR count). The first-order valence-corrected chi connectivity index (χ1v) is 10.1. The van der Waals surface area contributed by atoms with Crippen LogP contribution >= 0.6 is 23.2 Å². The Morgan fingerprint density at radius 3 is 2.50 bits per heavy atom. The van der Waals surface area contributed by atoms with E-state index in [1.54, 1.807) is 6.92 Å². The number of hydrogen-bond acceptors (Lipinski definition) is 5. The van der Waals surface area contributed by atoms with E-state index in [0.29, 0.717) is 5.56 Å². The molecule has 0 saturated carbocycles. The number of hydrogen-bond donors (Lipinski definition) is 1. The number of carbonyl (C=O) groups is 2. The van der Waals surface area contributed by atoms with E-state index in [0.717, 1.165) is 12.1 Å². The van der Waals surface area contributed by atoms with Gasteiger partial charge in [0.2, 0.25) is 5.91 Å². The minimum Gasteiger partial charge on any atom is -0.466 e. The van der Waals surface area contributed by atoms with Crippen molar-refractivity contribution in [3.8, 4) is 0 Å². The monoisotopic (exact) mass is 488 g/mol. The molecule has 0 radical (unpaired) electrons. The zero-order valence-electron chi connectivity index (χ0n) is 16.6.